The third-order valence-corrected chi connectivity index (χ3v) is 9.24. The van der Waals surface area contributed by atoms with E-state index in [9.17, 15) is 10.2 Å². The Morgan fingerprint density at radius 2 is 0.976 bits per heavy atom. The lowest BCUT2D eigenvalue weighted by Crippen LogP contribution is -2.27. The SMILES string of the molecule is Cc1cc2c(c(O)c1OCc1ccccc1)C1(CC2(C)C)CC(C)(C)c2cc(C)c(OCc3ccccc3)c(O)c21. The van der Waals surface area contributed by atoms with Gasteiger partial charge in [-0.3, -0.25) is 0 Å². The Morgan fingerprint density at radius 3 is 1.34 bits per heavy atom. The first-order valence-corrected chi connectivity index (χ1v) is 14.5. The van der Waals surface area contributed by atoms with Crippen molar-refractivity contribution >= 4 is 0 Å². The molecule has 0 aliphatic heterocycles. The Labute approximate surface area is 243 Å². The average molecular weight is 549 g/mol. The molecular weight excluding hydrogens is 508 g/mol. The molecule has 1 spiro atoms. The smallest absolute Gasteiger partial charge is 0.164 e. The van der Waals surface area contributed by atoms with Crippen molar-refractivity contribution in [2.24, 2.45) is 0 Å². The van der Waals surface area contributed by atoms with Crippen LogP contribution in [0.4, 0.5) is 0 Å². The van der Waals surface area contributed by atoms with Gasteiger partial charge in [0, 0.05) is 16.5 Å². The largest absolute Gasteiger partial charge is 0.504 e. The van der Waals surface area contributed by atoms with Gasteiger partial charge in [-0.25, -0.2) is 0 Å². The van der Waals surface area contributed by atoms with Crippen LogP contribution in [0.25, 0.3) is 0 Å². The summed E-state index contributed by atoms with van der Waals surface area (Å²) in [4.78, 5) is 0. The maximum atomic E-state index is 12.1. The number of aromatic hydroxyl groups is 2. The van der Waals surface area contributed by atoms with Crippen molar-refractivity contribution in [3.63, 3.8) is 0 Å². The van der Waals surface area contributed by atoms with Crippen molar-refractivity contribution in [1.82, 2.24) is 0 Å². The molecule has 4 nitrogen and oxygen atoms in total. The molecule has 4 heteroatoms. The third kappa shape index (κ3) is 4.36. The fraction of sp³-hybridized carbons (Fsp3) is 0.351. The lowest BCUT2D eigenvalue weighted by Gasteiger charge is -2.31. The van der Waals surface area contributed by atoms with Gasteiger partial charge in [-0.15, -0.1) is 0 Å². The van der Waals surface area contributed by atoms with Crippen molar-refractivity contribution in [2.45, 2.75) is 83.8 Å². The first-order chi connectivity index (χ1) is 19.4. The molecule has 0 aromatic heterocycles. The second-order valence-electron chi connectivity index (χ2n) is 13.3. The molecule has 0 atom stereocenters. The second kappa shape index (κ2) is 9.58. The molecule has 2 N–H and O–H groups in total. The van der Waals surface area contributed by atoms with Crippen LogP contribution in [0, 0.1) is 13.8 Å². The highest BCUT2D eigenvalue weighted by Crippen LogP contribution is 2.68. The highest BCUT2D eigenvalue weighted by Gasteiger charge is 2.59. The number of fused-ring (bicyclic) bond motifs is 4. The maximum absolute atomic E-state index is 12.1. The average Bonchev–Trinajstić information content (AvgIpc) is 3.28. The molecule has 41 heavy (non-hydrogen) atoms. The Balaban J connectivity index is 1.50. The molecule has 0 amide bonds. The van der Waals surface area contributed by atoms with Gasteiger partial charge in [0.25, 0.3) is 0 Å². The minimum Gasteiger partial charge on any atom is -0.504 e. The molecule has 0 heterocycles. The van der Waals surface area contributed by atoms with Crippen molar-refractivity contribution in [3.05, 3.63) is 117 Å². The first kappa shape index (κ1) is 27.3. The standard InChI is InChI=1S/C37H40O4/c1-23-17-27-29(31(38)33(23)40-19-25-13-9-7-10-14-25)37(21-35(27,3)4)22-36(5,6)28-18-24(2)34(32(39)30(28)37)41-20-26-15-11-8-12-16-26/h7-18,38-39H,19-22H2,1-6H3. The first-order valence-electron chi connectivity index (χ1n) is 14.5. The number of phenols is 2. The van der Waals surface area contributed by atoms with Crippen LogP contribution in [0.5, 0.6) is 23.0 Å². The van der Waals surface area contributed by atoms with E-state index >= 15 is 0 Å². The van der Waals surface area contributed by atoms with Gasteiger partial charge in [-0.1, -0.05) is 100 Å². The number of benzene rings is 4. The molecule has 4 aromatic carbocycles. The summed E-state index contributed by atoms with van der Waals surface area (Å²) >= 11 is 0. The van der Waals surface area contributed by atoms with E-state index in [1.807, 2.05) is 74.5 Å². The monoisotopic (exact) mass is 548 g/mol. The van der Waals surface area contributed by atoms with Gasteiger partial charge in [0.1, 0.15) is 13.2 Å². The summed E-state index contributed by atoms with van der Waals surface area (Å²) in [6, 6.07) is 24.4. The molecule has 0 fully saturated rings. The van der Waals surface area contributed by atoms with Crippen molar-refractivity contribution in [1.29, 1.82) is 0 Å². The van der Waals surface area contributed by atoms with Crippen LogP contribution in [-0.2, 0) is 29.5 Å². The molecule has 2 aliphatic carbocycles. The topological polar surface area (TPSA) is 58.9 Å². The molecule has 6 rings (SSSR count). The number of phenolic OH excluding ortho intramolecular Hbond substituents is 2. The zero-order valence-corrected chi connectivity index (χ0v) is 25.0. The third-order valence-electron chi connectivity index (χ3n) is 9.24. The number of hydrogen-bond acceptors (Lipinski definition) is 4. The maximum Gasteiger partial charge on any atom is 0.164 e. The Bertz CT molecular complexity index is 1490. The number of rotatable bonds is 6. The molecule has 212 valence electrons. The Hall–Kier alpha value is -3.92. The van der Waals surface area contributed by atoms with E-state index in [2.05, 4.69) is 39.8 Å². The van der Waals surface area contributed by atoms with Gasteiger partial charge in [0.15, 0.2) is 23.0 Å². The minimum absolute atomic E-state index is 0.192. The highest BCUT2D eigenvalue weighted by molar-refractivity contribution is 5.72. The highest BCUT2D eigenvalue weighted by atomic mass is 16.5. The van der Waals surface area contributed by atoms with Crippen LogP contribution < -0.4 is 9.47 Å². The van der Waals surface area contributed by atoms with Crippen molar-refractivity contribution in [3.8, 4) is 23.0 Å². The molecule has 0 saturated carbocycles. The fourth-order valence-electron chi connectivity index (χ4n) is 7.66. The number of hydrogen-bond donors (Lipinski definition) is 2. The molecule has 0 saturated heterocycles. The van der Waals surface area contributed by atoms with Crippen LogP contribution in [0.3, 0.4) is 0 Å². The zero-order valence-electron chi connectivity index (χ0n) is 25.0. The molecule has 2 aliphatic rings. The zero-order chi connectivity index (χ0) is 29.2. The van der Waals surface area contributed by atoms with Crippen LogP contribution in [0.1, 0.15) is 85.0 Å². The second-order valence-corrected chi connectivity index (χ2v) is 13.3. The van der Waals surface area contributed by atoms with Crippen molar-refractivity contribution < 1.29 is 19.7 Å². The van der Waals surface area contributed by atoms with Crippen LogP contribution in [0.15, 0.2) is 72.8 Å². The molecular formula is C37H40O4. The van der Waals surface area contributed by atoms with Gasteiger partial charge in [0.2, 0.25) is 0 Å². The van der Waals surface area contributed by atoms with Gasteiger partial charge in [-0.2, -0.15) is 0 Å². The van der Waals surface area contributed by atoms with Crippen LogP contribution in [-0.4, -0.2) is 10.2 Å². The van der Waals surface area contributed by atoms with E-state index in [0.29, 0.717) is 24.7 Å². The number of ether oxygens (including phenoxy) is 2. The van der Waals surface area contributed by atoms with E-state index < -0.39 is 5.41 Å². The van der Waals surface area contributed by atoms with E-state index in [1.165, 1.54) is 0 Å². The normalized spacial score (nSPS) is 17.3. The van der Waals surface area contributed by atoms with Gasteiger partial charge >= 0.3 is 0 Å². The summed E-state index contributed by atoms with van der Waals surface area (Å²) in [6.07, 6.45) is 1.55. The summed E-state index contributed by atoms with van der Waals surface area (Å²) in [7, 11) is 0. The van der Waals surface area contributed by atoms with Crippen LogP contribution >= 0.6 is 0 Å². The summed E-state index contributed by atoms with van der Waals surface area (Å²) in [5.41, 5.74) is 6.93. The van der Waals surface area contributed by atoms with E-state index in [-0.39, 0.29) is 22.3 Å². The van der Waals surface area contributed by atoms with Crippen molar-refractivity contribution in [2.75, 3.05) is 0 Å². The summed E-state index contributed by atoms with van der Waals surface area (Å²) < 4.78 is 12.6. The lowest BCUT2D eigenvalue weighted by molar-refractivity contribution is 0.278. The molecule has 0 bridgehead atoms. The molecule has 0 radical (unpaired) electrons. The number of aryl methyl sites for hydroxylation is 2. The molecule has 0 unspecified atom stereocenters. The fourth-order valence-corrected chi connectivity index (χ4v) is 7.66. The van der Waals surface area contributed by atoms with E-state index in [1.54, 1.807) is 0 Å². The summed E-state index contributed by atoms with van der Waals surface area (Å²) in [5.74, 6) is 1.42. The lowest BCUT2D eigenvalue weighted by atomic mass is 9.72. The molecule has 4 aromatic rings. The Kier molecular flexibility index (Phi) is 6.37. The summed E-state index contributed by atoms with van der Waals surface area (Å²) in [6.45, 7) is 13.7. The Morgan fingerprint density at radius 1 is 0.610 bits per heavy atom. The van der Waals surface area contributed by atoms with E-state index in [4.69, 9.17) is 9.47 Å². The summed E-state index contributed by atoms with van der Waals surface area (Å²) in [5, 5.41) is 24.1. The van der Waals surface area contributed by atoms with Gasteiger partial charge in [-0.05, 0) is 70.9 Å². The quantitative estimate of drug-likeness (QED) is 0.254. The predicted molar refractivity (Wildman–Crippen MR) is 163 cm³/mol. The van der Waals surface area contributed by atoms with Gasteiger partial charge in [0.05, 0.1) is 0 Å². The predicted octanol–water partition coefficient (Wildman–Crippen LogP) is 8.52. The van der Waals surface area contributed by atoms with Gasteiger partial charge < -0.3 is 19.7 Å². The van der Waals surface area contributed by atoms with E-state index in [0.717, 1.165) is 57.3 Å². The minimum atomic E-state index is -0.580. The van der Waals surface area contributed by atoms with Crippen LogP contribution in [0.2, 0.25) is 0 Å².